The van der Waals surface area contributed by atoms with E-state index in [1.807, 2.05) is 138 Å². The third-order valence-corrected chi connectivity index (χ3v) is 22.3. The molecule has 4 unspecified atom stereocenters. The standard InChI is InChI=1S/C16H34NO6P.2C15H32NO6P.C15H33NO4P.H3N.Na/c1-10-13(24(19,21-11-2)22-12-3)17(15(4,5)6)23-16(7,8)14(18)20-9;2*1-9-12(23(19,20-10-2)21-11-3)16(14(4,5)6)22-15(7,8)13(17)18;1-10-13(21(17,18-11-2)19-12-3)16(14(4,5)6)20-15(7,8)9;;/h13H,10-12H2,1-9H3;2*12H,9-11H2,1-8H3,(H,17,18);13H,7,10-12H2,1-6,8-9H3;1H3;/q;;;-1;;+1. The van der Waals surface area contributed by atoms with E-state index >= 15 is 0 Å². The number of ether oxygens (including phenoxy) is 1. The van der Waals surface area contributed by atoms with Crippen molar-refractivity contribution >= 4 is 48.3 Å². The zero-order chi connectivity index (χ0) is 73.0. The maximum atomic E-state index is 13.3. The fourth-order valence-corrected chi connectivity index (χ4v) is 17.2. The van der Waals surface area contributed by atoms with E-state index < -0.39 is 110 Å². The van der Waals surface area contributed by atoms with Gasteiger partial charge in [0.2, 0.25) is 0 Å². The number of nitrogens with zero attached hydrogens (tertiary/aromatic N) is 4. The number of carbonyl (C=O) groups excluding carboxylic acids is 2. The summed E-state index contributed by atoms with van der Waals surface area (Å²) in [6.07, 6.45) is 1.87. The van der Waals surface area contributed by atoms with Gasteiger partial charge >= 0.3 is 71.9 Å². The molecule has 5 N–H and O–H groups in total. The van der Waals surface area contributed by atoms with Crippen LogP contribution in [-0.4, -0.2) is 171 Å². The largest absolute Gasteiger partial charge is 1.00 e. The van der Waals surface area contributed by atoms with Gasteiger partial charge in [0.05, 0.1) is 65.9 Å². The number of methoxy groups -OCH3 is 1. The van der Waals surface area contributed by atoms with Crippen molar-refractivity contribution in [3.8, 4) is 0 Å². The number of quaternary nitrogens is 1. The molecule has 0 radical (unpaired) electrons. The maximum Gasteiger partial charge on any atom is 1.00 e. The smallest absolute Gasteiger partial charge is 0.547 e. The van der Waals surface area contributed by atoms with Crippen LogP contribution in [0.2, 0.25) is 0 Å². The molecule has 0 spiro atoms. The van der Waals surface area contributed by atoms with Crippen molar-refractivity contribution in [2.45, 2.75) is 315 Å². The van der Waals surface area contributed by atoms with Gasteiger partial charge in [-0.1, -0.05) is 41.5 Å². The molecule has 93 heavy (non-hydrogen) atoms. The van der Waals surface area contributed by atoms with E-state index in [0.29, 0.717) is 38.9 Å². The molecule has 0 aromatic rings. The predicted molar refractivity (Wildman–Crippen MR) is 363 cm³/mol. The Hall–Kier alpha value is -0.350. The summed E-state index contributed by atoms with van der Waals surface area (Å²) in [5.74, 6) is -5.55. The van der Waals surface area contributed by atoms with Crippen molar-refractivity contribution < 1.29 is 133 Å². The van der Waals surface area contributed by atoms with Crippen molar-refractivity contribution in [3.05, 3.63) is 6.92 Å². The van der Waals surface area contributed by atoms with Crippen LogP contribution in [0.15, 0.2) is 0 Å². The number of carboxylic acid groups (broad SMARTS) is 2. The van der Waals surface area contributed by atoms with Crippen LogP contribution >= 0.6 is 30.4 Å². The Bertz CT molecular complexity index is 2170. The number of carbonyl (C=O) groups is 3. The van der Waals surface area contributed by atoms with Crippen molar-refractivity contribution in [1.29, 1.82) is 0 Å². The van der Waals surface area contributed by atoms with Crippen LogP contribution in [0.5, 0.6) is 0 Å². The summed E-state index contributed by atoms with van der Waals surface area (Å²) in [5, 5.41) is 26.8. The van der Waals surface area contributed by atoms with E-state index in [0.717, 1.165) is 0 Å². The molecular weight excluding hydrogens is 1300 g/mol. The molecule has 0 heterocycles. The SMILES string of the molecule is CCOP(=O)(OCC)C(CC)N(OC(C)(C)C(=O)O)C(C)(C)C.CCOP(=O)(OCC)C(CC)N(OC(C)(C)C(=O)OC)C(C)(C)C.CCOP(=O)(OCC)C(CC)N(OC(C)(C)C(=O)[O-])C(C)(C)C.[CH2-]C(C)(C)ON(C(CC)P(=O)(OCC)OCC)C(C)(C)C.[NH4+].[Na+]. The molecule has 556 valence electrons. The van der Waals surface area contributed by atoms with Gasteiger partial charge in [-0.15, -0.1) is 0 Å². The average molecular weight is 1440 g/mol. The van der Waals surface area contributed by atoms with Gasteiger partial charge in [0, 0.05) is 22.2 Å². The molecule has 0 aliphatic rings. The van der Waals surface area contributed by atoms with Crippen LogP contribution in [0.25, 0.3) is 0 Å². The Morgan fingerprint density at radius 2 is 0.570 bits per heavy atom. The summed E-state index contributed by atoms with van der Waals surface area (Å²) in [6.45, 7) is 63.1. The fourth-order valence-electron chi connectivity index (χ4n) is 8.29. The second-order valence-corrected chi connectivity index (χ2v) is 35.6. The molecule has 32 heteroatoms. The quantitative estimate of drug-likeness (QED) is 0.0190. The summed E-state index contributed by atoms with van der Waals surface area (Å²) in [6, 6.07) is 0. The Morgan fingerprint density at radius 3 is 0.710 bits per heavy atom. The minimum absolute atomic E-state index is 0. The number of carboxylic acids is 2. The molecule has 27 nitrogen and oxygen atoms in total. The molecule has 4 atom stereocenters. The second-order valence-electron chi connectivity index (χ2n) is 26.8. The topological polar surface area (TPSA) is 332 Å². The van der Waals surface area contributed by atoms with Crippen LogP contribution in [-0.2, 0) is 92.9 Å². The molecule has 0 aromatic carbocycles. The van der Waals surface area contributed by atoms with Gasteiger partial charge in [-0.25, -0.2) is 9.59 Å². The third-order valence-electron chi connectivity index (χ3n) is 12.1. The van der Waals surface area contributed by atoms with E-state index in [1.54, 1.807) is 65.5 Å². The third kappa shape index (κ3) is 35.7. The van der Waals surface area contributed by atoms with E-state index in [2.05, 4.69) is 6.92 Å². The molecule has 0 aliphatic heterocycles. The summed E-state index contributed by atoms with van der Waals surface area (Å²) < 4.78 is 101. The summed E-state index contributed by atoms with van der Waals surface area (Å²) in [5.41, 5.74) is -7.06. The van der Waals surface area contributed by atoms with Gasteiger partial charge < -0.3 is 73.8 Å². The average Bonchev–Trinajstić information content (AvgIpc) is 0.824. The van der Waals surface area contributed by atoms with Crippen molar-refractivity contribution in [3.63, 3.8) is 0 Å². The fraction of sp³-hybridized carbons (Fsp3) is 0.934. The molecule has 0 saturated carbocycles. The van der Waals surface area contributed by atoms with Gasteiger partial charge in [0.25, 0.3) is 0 Å². The number of hydrogen-bond acceptors (Lipinski definition) is 25. The second kappa shape index (κ2) is 44.8. The Morgan fingerprint density at radius 1 is 0.387 bits per heavy atom. The van der Waals surface area contributed by atoms with Crippen molar-refractivity contribution in [1.82, 2.24) is 26.4 Å². The van der Waals surface area contributed by atoms with Gasteiger partial charge in [-0.05, 0) is 211 Å². The number of hydrogen-bond donors (Lipinski definition) is 2. The molecule has 0 saturated heterocycles. The van der Waals surface area contributed by atoms with E-state index in [-0.39, 0.29) is 80.9 Å². The normalized spacial score (nSPS) is 14.7. The van der Waals surface area contributed by atoms with Gasteiger partial charge in [0.15, 0.2) is 11.2 Å². The van der Waals surface area contributed by atoms with Crippen molar-refractivity contribution in [2.24, 2.45) is 0 Å². The predicted octanol–water partition coefficient (Wildman–Crippen LogP) is 12.4. The molecule has 0 aromatic heterocycles. The first-order valence-electron chi connectivity index (χ1n) is 31.9. The van der Waals surface area contributed by atoms with Gasteiger partial charge in [0.1, 0.15) is 28.7 Å². The molecular formula is C61H134N5NaO22P4. The molecule has 0 rings (SSSR count). The number of rotatable bonds is 39. The molecule has 0 aliphatic carbocycles. The summed E-state index contributed by atoms with van der Waals surface area (Å²) in [7, 11) is -12.5. The van der Waals surface area contributed by atoms with E-state index in [1.165, 1.54) is 44.9 Å². The first-order valence-corrected chi connectivity index (χ1v) is 38.3. The van der Waals surface area contributed by atoms with E-state index in [4.69, 9.17) is 60.3 Å². The molecule has 0 fully saturated rings. The number of hydroxylamine groups is 8. The molecule has 0 bridgehead atoms. The van der Waals surface area contributed by atoms with Crippen LogP contribution < -0.4 is 40.8 Å². The minimum Gasteiger partial charge on any atom is -0.547 e. The zero-order valence-corrected chi connectivity index (χ0v) is 70.2. The van der Waals surface area contributed by atoms with Crippen LogP contribution in [0.3, 0.4) is 0 Å². The Kier molecular flexibility index (Phi) is 49.9. The summed E-state index contributed by atoms with van der Waals surface area (Å²) >= 11 is 0. The Labute approximate surface area is 585 Å². The van der Waals surface area contributed by atoms with Crippen LogP contribution in [0.4, 0.5) is 0 Å². The van der Waals surface area contributed by atoms with Crippen molar-refractivity contribution in [2.75, 3.05) is 60.0 Å². The summed E-state index contributed by atoms with van der Waals surface area (Å²) in [4.78, 5) is 58.1. The van der Waals surface area contributed by atoms with Gasteiger partial charge in [-0.2, -0.15) is 20.3 Å². The van der Waals surface area contributed by atoms with Gasteiger partial charge in [-0.3, -0.25) is 32.8 Å². The monoisotopic (exact) mass is 1440 g/mol. The minimum atomic E-state index is -3.51. The van der Waals surface area contributed by atoms with E-state index in [9.17, 15) is 42.9 Å². The molecule has 0 amide bonds. The first kappa shape index (κ1) is 104. The maximum absolute atomic E-state index is 13.3. The number of aliphatic carboxylic acids is 2. The first-order chi connectivity index (χ1) is 41.0. The Balaban J connectivity index is -0.000000270. The number of esters is 1. The zero-order valence-electron chi connectivity index (χ0n) is 64.6. The van der Waals surface area contributed by atoms with Crippen LogP contribution in [0.1, 0.15) is 247 Å². The van der Waals surface area contributed by atoms with Crippen LogP contribution in [0, 0.1) is 6.92 Å².